The Morgan fingerprint density at radius 1 is 1.14 bits per heavy atom. The molecule has 1 saturated heterocycles. The SMILES string of the molecule is CC(=O)O[C@H](C)[C@H]1C(=O)N([C@H](C)c2ccccc2)C1C(C)=O. The summed E-state index contributed by atoms with van der Waals surface area (Å²) in [6, 6.07) is 8.83. The predicted octanol–water partition coefficient (Wildman–Crippen LogP) is 2.12. The van der Waals surface area contributed by atoms with E-state index in [-0.39, 0.29) is 17.7 Å². The number of nitrogens with zero attached hydrogens (tertiary/aromatic N) is 1. The zero-order valence-electron chi connectivity index (χ0n) is 13.3. The van der Waals surface area contributed by atoms with Gasteiger partial charge in [0.2, 0.25) is 5.91 Å². The summed E-state index contributed by atoms with van der Waals surface area (Å²) in [7, 11) is 0. The maximum absolute atomic E-state index is 12.5. The summed E-state index contributed by atoms with van der Waals surface area (Å²) >= 11 is 0. The number of carbonyl (C=O) groups excluding carboxylic acids is 3. The molecule has 2 rings (SSSR count). The average Bonchev–Trinajstić information content (AvgIpc) is 2.44. The van der Waals surface area contributed by atoms with Crippen molar-refractivity contribution in [1.29, 1.82) is 0 Å². The van der Waals surface area contributed by atoms with Crippen molar-refractivity contribution < 1.29 is 19.1 Å². The van der Waals surface area contributed by atoms with E-state index in [1.165, 1.54) is 13.8 Å². The van der Waals surface area contributed by atoms with E-state index in [4.69, 9.17) is 4.74 Å². The van der Waals surface area contributed by atoms with Gasteiger partial charge in [0.15, 0.2) is 5.78 Å². The molecule has 1 aromatic carbocycles. The number of amides is 1. The Morgan fingerprint density at radius 3 is 2.23 bits per heavy atom. The molecular weight excluding hydrogens is 282 g/mol. The number of Topliss-reactive ketones (excluding diaryl/α,β-unsaturated/α-hetero) is 1. The molecule has 0 spiro atoms. The molecule has 1 amide bonds. The minimum absolute atomic E-state index is 0.0913. The van der Waals surface area contributed by atoms with Crippen molar-refractivity contribution in [3.05, 3.63) is 35.9 Å². The molecule has 0 aromatic heterocycles. The lowest BCUT2D eigenvalue weighted by atomic mass is 9.79. The molecule has 1 aromatic rings. The fourth-order valence-corrected chi connectivity index (χ4v) is 3.10. The third-order valence-electron chi connectivity index (χ3n) is 4.15. The number of hydrogen-bond donors (Lipinski definition) is 0. The van der Waals surface area contributed by atoms with E-state index in [0.29, 0.717) is 0 Å². The van der Waals surface area contributed by atoms with Crippen LogP contribution in [0.2, 0.25) is 0 Å². The van der Waals surface area contributed by atoms with E-state index in [1.807, 2.05) is 37.3 Å². The monoisotopic (exact) mass is 303 g/mol. The first-order valence-corrected chi connectivity index (χ1v) is 7.39. The van der Waals surface area contributed by atoms with Crippen LogP contribution in [0.25, 0.3) is 0 Å². The molecule has 4 atom stereocenters. The molecule has 5 nitrogen and oxygen atoms in total. The third kappa shape index (κ3) is 2.89. The normalized spacial score (nSPS) is 23.5. The number of esters is 1. The molecule has 0 aliphatic carbocycles. The van der Waals surface area contributed by atoms with Crippen molar-refractivity contribution >= 4 is 17.7 Å². The van der Waals surface area contributed by atoms with E-state index in [9.17, 15) is 14.4 Å². The summed E-state index contributed by atoms with van der Waals surface area (Å²) in [6.45, 7) is 6.32. The maximum Gasteiger partial charge on any atom is 0.302 e. The van der Waals surface area contributed by atoms with Crippen LogP contribution in [-0.2, 0) is 19.1 Å². The van der Waals surface area contributed by atoms with Crippen molar-refractivity contribution in [1.82, 2.24) is 4.90 Å². The lowest BCUT2D eigenvalue weighted by Crippen LogP contribution is -2.67. The molecule has 1 aliphatic rings. The second kappa shape index (κ2) is 6.30. The van der Waals surface area contributed by atoms with E-state index in [2.05, 4.69) is 0 Å². The van der Waals surface area contributed by atoms with E-state index in [0.717, 1.165) is 5.56 Å². The van der Waals surface area contributed by atoms with Crippen LogP contribution >= 0.6 is 0 Å². The van der Waals surface area contributed by atoms with E-state index < -0.39 is 24.0 Å². The van der Waals surface area contributed by atoms with E-state index in [1.54, 1.807) is 11.8 Å². The lowest BCUT2D eigenvalue weighted by Gasteiger charge is -2.50. The van der Waals surface area contributed by atoms with Crippen LogP contribution in [0.15, 0.2) is 30.3 Å². The number of ketones is 1. The van der Waals surface area contributed by atoms with E-state index >= 15 is 0 Å². The Labute approximate surface area is 130 Å². The van der Waals surface area contributed by atoms with Gasteiger partial charge in [0.1, 0.15) is 18.1 Å². The summed E-state index contributed by atoms with van der Waals surface area (Å²) in [5.74, 6) is -1.28. The molecule has 0 N–H and O–H groups in total. The summed E-state index contributed by atoms with van der Waals surface area (Å²) in [5, 5.41) is 0. The number of likely N-dealkylation sites (tertiary alicyclic amines) is 1. The minimum atomic E-state index is -0.599. The Kier molecular flexibility index (Phi) is 4.64. The van der Waals surface area contributed by atoms with Gasteiger partial charge in [-0.1, -0.05) is 30.3 Å². The number of hydrogen-bond acceptors (Lipinski definition) is 4. The number of carbonyl (C=O) groups is 3. The smallest absolute Gasteiger partial charge is 0.302 e. The number of ether oxygens (including phenoxy) is 1. The number of β-lactam (4-membered cyclic amide) rings is 1. The standard InChI is InChI=1S/C17H21NO4/c1-10(14-8-6-5-7-9-14)18-16(11(2)19)15(17(18)21)12(3)22-13(4)20/h5-10,12,15-16H,1-4H3/t10-,12-,15-,16?/m1/s1. The Morgan fingerprint density at radius 2 is 1.73 bits per heavy atom. The molecule has 5 heteroatoms. The van der Waals surface area contributed by atoms with Gasteiger partial charge in [-0.2, -0.15) is 0 Å². The fourth-order valence-electron chi connectivity index (χ4n) is 3.10. The first kappa shape index (κ1) is 16.2. The van der Waals surface area contributed by atoms with Crippen LogP contribution in [0.5, 0.6) is 0 Å². The van der Waals surface area contributed by atoms with Crippen molar-refractivity contribution in [3.63, 3.8) is 0 Å². The summed E-state index contributed by atoms with van der Waals surface area (Å²) in [4.78, 5) is 37.2. The van der Waals surface area contributed by atoms with Crippen LogP contribution in [-0.4, -0.2) is 34.7 Å². The molecular formula is C17H21NO4. The summed E-state index contributed by atoms with van der Waals surface area (Å²) < 4.78 is 5.10. The molecule has 1 fully saturated rings. The summed E-state index contributed by atoms with van der Waals surface area (Å²) in [6.07, 6.45) is -0.599. The van der Waals surface area contributed by atoms with Crippen LogP contribution < -0.4 is 0 Å². The van der Waals surface area contributed by atoms with Gasteiger partial charge in [0.25, 0.3) is 0 Å². The van der Waals surface area contributed by atoms with Crippen LogP contribution in [0.1, 0.15) is 39.3 Å². The van der Waals surface area contributed by atoms with Gasteiger partial charge in [-0.3, -0.25) is 14.4 Å². The molecule has 0 radical (unpaired) electrons. The van der Waals surface area contributed by atoms with Crippen LogP contribution in [0.4, 0.5) is 0 Å². The van der Waals surface area contributed by atoms with Gasteiger partial charge in [0.05, 0.1) is 6.04 Å². The van der Waals surface area contributed by atoms with Crippen molar-refractivity contribution in [2.75, 3.05) is 0 Å². The van der Waals surface area contributed by atoms with Crippen LogP contribution in [0.3, 0.4) is 0 Å². The second-order valence-electron chi connectivity index (χ2n) is 5.73. The highest BCUT2D eigenvalue weighted by Crippen LogP contribution is 2.38. The largest absolute Gasteiger partial charge is 0.462 e. The zero-order valence-corrected chi connectivity index (χ0v) is 13.3. The van der Waals surface area contributed by atoms with Gasteiger partial charge < -0.3 is 9.64 Å². The quantitative estimate of drug-likeness (QED) is 0.617. The Hall–Kier alpha value is -2.17. The van der Waals surface area contributed by atoms with Crippen LogP contribution in [0, 0.1) is 5.92 Å². The number of benzene rings is 1. The first-order valence-electron chi connectivity index (χ1n) is 7.39. The molecule has 1 unspecified atom stereocenters. The Bertz CT molecular complexity index is 584. The van der Waals surface area contributed by atoms with Gasteiger partial charge in [-0.05, 0) is 26.3 Å². The van der Waals surface area contributed by atoms with Gasteiger partial charge in [-0.25, -0.2) is 0 Å². The topological polar surface area (TPSA) is 63.7 Å². The van der Waals surface area contributed by atoms with Crippen molar-refractivity contribution in [2.45, 2.75) is 45.9 Å². The van der Waals surface area contributed by atoms with Gasteiger partial charge in [-0.15, -0.1) is 0 Å². The zero-order chi connectivity index (χ0) is 16.4. The molecule has 1 aliphatic heterocycles. The summed E-state index contributed by atoms with van der Waals surface area (Å²) in [5.41, 5.74) is 0.973. The molecule has 0 bridgehead atoms. The van der Waals surface area contributed by atoms with Gasteiger partial charge in [0, 0.05) is 6.92 Å². The highest BCUT2D eigenvalue weighted by Gasteiger charge is 2.55. The Balaban J connectivity index is 2.21. The second-order valence-corrected chi connectivity index (χ2v) is 5.73. The maximum atomic E-state index is 12.5. The van der Waals surface area contributed by atoms with Crippen molar-refractivity contribution in [2.24, 2.45) is 5.92 Å². The molecule has 118 valence electrons. The molecule has 22 heavy (non-hydrogen) atoms. The third-order valence-corrected chi connectivity index (χ3v) is 4.15. The average molecular weight is 303 g/mol. The van der Waals surface area contributed by atoms with Crippen molar-refractivity contribution in [3.8, 4) is 0 Å². The molecule has 0 saturated carbocycles. The predicted molar refractivity (Wildman–Crippen MR) is 80.9 cm³/mol. The highest BCUT2D eigenvalue weighted by atomic mass is 16.5. The molecule has 1 heterocycles. The first-order chi connectivity index (χ1) is 10.3. The fraction of sp³-hybridized carbons (Fsp3) is 0.471. The minimum Gasteiger partial charge on any atom is -0.462 e. The highest BCUT2D eigenvalue weighted by molar-refractivity contribution is 6.00. The lowest BCUT2D eigenvalue weighted by molar-refractivity contribution is -0.179. The van der Waals surface area contributed by atoms with Gasteiger partial charge >= 0.3 is 5.97 Å². The number of rotatable bonds is 5.